The molecule has 2 saturated heterocycles. The van der Waals surface area contributed by atoms with Crippen LogP contribution in [0.25, 0.3) is 11.0 Å². The highest BCUT2D eigenvalue weighted by atomic mass is 19.1. The zero-order valence-corrected chi connectivity index (χ0v) is 30.8. The van der Waals surface area contributed by atoms with Crippen molar-refractivity contribution in [2.24, 2.45) is 29.4 Å². The van der Waals surface area contributed by atoms with Crippen LogP contribution in [0.5, 0.6) is 0 Å². The molecule has 1 amide bonds. The molecule has 6 rings (SSSR count). The Morgan fingerprint density at radius 1 is 1.02 bits per heavy atom. The Balaban J connectivity index is 1.09. The number of carbonyl (C=O) groups excluding carboxylic acids is 3. The number of esters is 1. The summed E-state index contributed by atoms with van der Waals surface area (Å²) in [6, 6.07) is 6.32. The number of nitrogens with two attached hydrogens (primary N) is 1. The summed E-state index contributed by atoms with van der Waals surface area (Å²) in [6.07, 6.45) is 8.78. The second-order valence-electron chi connectivity index (χ2n) is 16.1. The van der Waals surface area contributed by atoms with Crippen molar-refractivity contribution in [3.63, 3.8) is 0 Å². The van der Waals surface area contributed by atoms with Crippen molar-refractivity contribution in [3.8, 4) is 0 Å². The third-order valence-corrected chi connectivity index (χ3v) is 12.1. The van der Waals surface area contributed by atoms with Crippen LogP contribution in [0.15, 0.2) is 28.7 Å². The lowest BCUT2D eigenvalue weighted by molar-refractivity contribution is -0.143. The Morgan fingerprint density at radius 3 is 2.49 bits per heavy atom. The van der Waals surface area contributed by atoms with E-state index in [9.17, 15) is 18.8 Å². The maximum Gasteiger partial charge on any atom is 0.374 e. The number of hydrogen-bond donors (Lipinski definition) is 1. The van der Waals surface area contributed by atoms with Crippen molar-refractivity contribution in [2.45, 2.75) is 108 Å². The monoisotopic (exact) mass is 711 g/mol. The number of likely N-dealkylation sites (tertiary alicyclic amines) is 1. The van der Waals surface area contributed by atoms with Gasteiger partial charge in [0.1, 0.15) is 12.3 Å². The number of amides is 1. The number of alkyl halides is 1. The molecule has 0 bridgehead atoms. The first-order valence-electron chi connectivity index (χ1n) is 19.3. The van der Waals surface area contributed by atoms with E-state index in [4.69, 9.17) is 24.4 Å². The molecule has 0 spiro atoms. The van der Waals surface area contributed by atoms with Crippen LogP contribution >= 0.6 is 0 Å². The smallest absolute Gasteiger partial charge is 0.374 e. The molecular weight excluding hydrogens is 653 g/mol. The Morgan fingerprint density at radius 2 is 1.78 bits per heavy atom. The van der Waals surface area contributed by atoms with Crippen molar-refractivity contribution in [1.82, 2.24) is 9.80 Å². The number of benzene rings is 1. The van der Waals surface area contributed by atoms with Crippen molar-refractivity contribution < 1.29 is 37.4 Å². The first-order valence-corrected chi connectivity index (χ1v) is 19.3. The highest BCUT2D eigenvalue weighted by Gasteiger charge is 2.47. The molecule has 0 radical (unpaired) electrons. The van der Waals surface area contributed by atoms with Gasteiger partial charge >= 0.3 is 5.97 Å². The second-order valence-corrected chi connectivity index (χ2v) is 16.1. The normalized spacial score (nSPS) is 29.2. The largest absolute Gasteiger partial charge is 0.460 e. The van der Waals surface area contributed by atoms with E-state index < -0.39 is 24.7 Å². The molecule has 11 heteroatoms. The molecule has 4 fully saturated rings. The van der Waals surface area contributed by atoms with Gasteiger partial charge in [0.15, 0.2) is 5.78 Å². The van der Waals surface area contributed by atoms with E-state index in [2.05, 4.69) is 18.7 Å². The fourth-order valence-electron chi connectivity index (χ4n) is 9.32. The fourth-order valence-corrected chi connectivity index (χ4v) is 9.32. The summed E-state index contributed by atoms with van der Waals surface area (Å²) in [7, 11) is 1.76. The molecule has 10 nitrogen and oxygen atoms in total. The number of rotatable bonds is 13. The van der Waals surface area contributed by atoms with Crippen molar-refractivity contribution in [2.75, 3.05) is 53.2 Å². The van der Waals surface area contributed by atoms with Gasteiger partial charge in [0, 0.05) is 57.1 Å². The van der Waals surface area contributed by atoms with Gasteiger partial charge in [0.2, 0.25) is 11.7 Å². The number of furan rings is 1. The molecule has 2 saturated carbocycles. The molecule has 51 heavy (non-hydrogen) atoms. The molecule has 3 heterocycles. The number of nitrogens with zero attached hydrogens (tertiary/aromatic N) is 2. The van der Waals surface area contributed by atoms with Gasteiger partial charge in [-0.2, -0.15) is 0 Å². The van der Waals surface area contributed by atoms with Gasteiger partial charge in [-0.15, -0.1) is 0 Å². The van der Waals surface area contributed by atoms with E-state index in [0.29, 0.717) is 44.1 Å². The van der Waals surface area contributed by atoms with E-state index in [1.54, 1.807) is 19.2 Å². The molecule has 2 aromatic rings. The van der Waals surface area contributed by atoms with Crippen LogP contribution in [0, 0.1) is 23.7 Å². The average Bonchev–Trinajstić information content (AvgIpc) is 3.77. The topological polar surface area (TPSA) is 125 Å². The minimum Gasteiger partial charge on any atom is -0.460 e. The zero-order valence-electron chi connectivity index (χ0n) is 30.8. The molecule has 282 valence electrons. The lowest BCUT2D eigenvalue weighted by Gasteiger charge is -2.38. The Hall–Kier alpha value is -2.86. The molecule has 0 unspecified atom stereocenters. The summed E-state index contributed by atoms with van der Waals surface area (Å²) < 4.78 is 36.0. The predicted octanol–water partition coefficient (Wildman–Crippen LogP) is 5.73. The quantitative estimate of drug-likeness (QED) is 0.205. The maximum absolute atomic E-state index is 14.3. The maximum atomic E-state index is 14.3. The minimum atomic E-state index is -0.538. The number of ether oxygens (including phenoxy) is 3. The molecule has 2 aliphatic carbocycles. The van der Waals surface area contributed by atoms with Gasteiger partial charge < -0.3 is 29.3 Å². The van der Waals surface area contributed by atoms with E-state index in [0.717, 1.165) is 82.0 Å². The highest BCUT2D eigenvalue weighted by Crippen LogP contribution is 2.42. The molecule has 1 aromatic heterocycles. The summed E-state index contributed by atoms with van der Waals surface area (Å²) in [4.78, 5) is 45.5. The summed E-state index contributed by atoms with van der Waals surface area (Å²) in [6.45, 7) is 7.76. The van der Waals surface area contributed by atoms with Gasteiger partial charge in [-0.05, 0) is 120 Å². The van der Waals surface area contributed by atoms with Gasteiger partial charge in [0.25, 0.3) is 0 Å². The van der Waals surface area contributed by atoms with Gasteiger partial charge in [-0.3, -0.25) is 14.5 Å². The van der Waals surface area contributed by atoms with Crippen molar-refractivity contribution >= 4 is 28.6 Å². The van der Waals surface area contributed by atoms with E-state index in [1.807, 2.05) is 17.0 Å². The third kappa shape index (κ3) is 9.21. The summed E-state index contributed by atoms with van der Waals surface area (Å²) in [5.41, 5.74) is 7.21. The van der Waals surface area contributed by atoms with Gasteiger partial charge in [-0.1, -0.05) is 6.07 Å². The molecule has 1 aromatic carbocycles. The second kappa shape index (κ2) is 16.9. The summed E-state index contributed by atoms with van der Waals surface area (Å²) >= 11 is 0. The van der Waals surface area contributed by atoms with Crippen LogP contribution in [0.1, 0.15) is 94.2 Å². The SMILES string of the molecule is COC1CCC([C@@H]2CCN(C(=O)C3CCC([C@H](N)CF)CC3)[C@@H]2C(=O)Cc2ccc3oc(C(=O)OCCCN4CCOC(C)(C)C4)cc3c2)CC1. The number of carbonyl (C=O) groups is 3. The number of hydrogen-bond acceptors (Lipinski definition) is 9. The highest BCUT2D eigenvalue weighted by molar-refractivity contribution is 5.94. The average molecular weight is 712 g/mol. The van der Waals surface area contributed by atoms with Gasteiger partial charge in [0.05, 0.1) is 31.0 Å². The number of fused-ring (bicyclic) bond motifs is 1. The molecule has 2 aliphatic heterocycles. The van der Waals surface area contributed by atoms with Crippen LogP contribution in [0.4, 0.5) is 4.39 Å². The van der Waals surface area contributed by atoms with E-state index >= 15 is 0 Å². The molecular formula is C40H58FN3O7. The summed E-state index contributed by atoms with van der Waals surface area (Å²) in [5, 5.41) is 0.736. The van der Waals surface area contributed by atoms with Gasteiger partial charge in [-0.25, -0.2) is 9.18 Å². The number of Topliss-reactive ketones (excluding diaryl/α,β-unsaturated/α-hetero) is 1. The zero-order chi connectivity index (χ0) is 36.1. The van der Waals surface area contributed by atoms with Crippen LogP contribution in [-0.4, -0.2) is 104 Å². The number of methoxy groups -OCH3 is 1. The van der Waals surface area contributed by atoms with Crippen LogP contribution in [0.2, 0.25) is 0 Å². The lowest BCUT2D eigenvalue weighted by Crippen LogP contribution is -2.48. The third-order valence-electron chi connectivity index (χ3n) is 12.1. The predicted molar refractivity (Wildman–Crippen MR) is 192 cm³/mol. The lowest BCUT2D eigenvalue weighted by atomic mass is 9.74. The van der Waals surface area contributed by atoms with Crippen LogP contribution in [-0.2, 0) is 30.2 Å². The molecule has 4 aliphatic rings. The van der Waals surface area contributed by atoms with E-state index in [1.165, 1.54) is 0 Å². The molecule has 3 atom stereocenters. The molecule has 2 N–H and O–H groups in total. The Kier molecular flexibility index (Phi) is 12.5. The van der Waals surface area contributed by atoms with Crippen molar-refractivity contribution in [1.29, 1.82) is 0 Å². The number of halogens is 1. The van der Waals surface area contributed by atoms with Crippen molar-refractivity contribution in [3.05, 3.63) is 35.6 Å². The number of ketones is 1. The standard InChI is InChI=1S/C40H58FN3O7/c1-40(2)25-43(18-20-50-40)16-4-19-49-39(47)36-23-30-21-26(5-14-35(30)51-36)22-34(45)37-32(27-10-12-31(48-3)13-11-27)15-17-44(37)38(46)29-8-6-28(7-9-29)33(42)24-41/h5,14,21,23,27-29,31-33,37H,4,6-13,15-20,22,24-25,42H2,1-3H3/t27?,28?,29?,31?,32-,33+,37-/m0/s1. The Bertz CT molecular complexity index is 1500. The van der Waals surface area contributed by atoms with Crippen LogP contribution < -0.4 is 5.73 Å². The van der Waals surface area contributed by atoms with E-state index in [-0.39, 0.29) is 53.3 Å². The fraction of sp³-hybridized carbons (Fsp3) is 0.725. The first-order chi connectivity index (χ1) is 24.5. The van der Waals surface area contributed by atoms with Crippen LogP contribution in [0.3, 0.4) is 0 Å². The number of morpholine rings is 1. The Labute approximate surface area is 301 Å². The summed E-state index contributed by atoms with van der Waals surface area (Å²) in [5.74, 6) is 0.192. The minimum absolute atomic E-state index is 0.0546. The first kappa shape index (κ1) is 37.9.